The second kappa shape index (κ2) is 15.2. The highest BCUT2D eigenvalue weighted by atomic mass is 16.7. The van der Waals surface area contributed by atoms with Gasteiger partial charge in [0.25, 0.3) is 0 Å². The van der Waals surface area contributed by atoms with Gasteiger partial charge in [-0.2, -0.15) is 0 Å². The van der Waals surface area contributed by atoms with E-state index in [1.165, 1.54) is 0 Å². The lowest BCUT2D eigenvalue weighted by Gasteiger charge is -2.10. The number of benzene rings is 4. The first-order valence-electron chi connectivity index (χ1n) is 12.3. The molecule has 0 aliphatic carbocycles. The normalized spacial score (nSPS) is 10.6. The quantitative estimate of drug-likeness (QED) is 0.133. The minimum atomic E-state index is 0.186. The summed E-state index contributed by atoms with van der Waals surface area (Å²) < 4.78 is 33.9. The van der Waals surface area contributed by atoms with E-state index in [1.54, 1.807) is 0 Å². The highest BCUT2D eigenvalue weighted by Crippen LogP contribution is 2.20. The first-order chi connectivity index (χ1) is 18.3. The Morgan fingerprint density at radius 3 is 1.08 bits per heavy atom. The van der Waals surface area contributed by atoms with Gasteiger partial charge >= 0.3 is 0 Å². The van der Waals surface area contributed by atoms with Gasteiger partial charge in [-0.25, -0.2) is 0 Å². The second-order valence-electron chi connectivity index (χ2n) is 8.12. The summed E-state index contributed by atoms with van der Waals surface area (Å²) in [5, 5.41) is 0. The molecule has 0 amide bonds. The van der Waals surface area contributed by atoms with E-state index in [4.69, 9.17) is 28.4 Å². The summed E-state index contributed by atoms with van der Waals surface area (Å²) in [6.07, 6.45) is 0. The summed E-state index contributed by atoms with van der Waals surface area (Å²) in [5.41, 5.74) is 2.26. The third kappa shape index (κ3) is 9.88. The summed E-state index contributed by atoms with van der Waals surface area (Å²) in [5.74, 6) is 3.13. The van der Waals surface area contributed by atoms with Crippen molar-refractivity contribution in [3.8, 4) is 23.0 Å². The summed E-state index contributed by atoms with van der Waals surface area (Å²) in [4.78, 5) is 0. The van der Waals surface area contributed by atoms with E-state index in [0.717, 1.165) is 34.1 Å². The zero-order valence-electron chi connectivity index (χ0n) is 20.8. The summed E-state index contributed by atoms with van der Waals surface area (Å²) in [6.45, 7) is 2.98. The molecule has 0 saturated carbocycles. The van der Waals surface area contributed by atoms with Crippen LogP contribution >= 0.6 is 0 Å². The number of ether oxygens (including phenoxy) is 6. The fourth-order valence-corrected chi connectivity index (χ4v) is 3.36. The van der Waals surface area contributed by atoms with Crippen LogP contribution < -0.4 is 18.9 Å². The van der Waals surface area contributed by atoms with Crippen LogP contribution in [0.4, 0.5) is 0 Å². The molecule has 0 unspecified atom stereocenters. The molecule has 0 saturated heterocycles. The van der Waals surface area contributed by atoms with Crippen molar-refractivity contribution in [3.05, 3.63) is 120 Å². The van der Waals surface area contributed by atoms with E-state index in [0.29, 0.717) is 39.6 Å². The highest BCUT2D eigenvalue weighted by Gasteiger charge is 2.00. The van der Waals surface area contributed by atoms with E-state index in [2.05, 4.69) is 0 Å². The van der Waals surface area contributed by atoms with Crippen LogP contribution in [-0.2, 0) is 22.7 Å². The van der Waals surface area contributed by atoms with Crippen LogP contribution in [0.1, 0.15) is 11.1 Å². The molecule has 4 aromatic carbocycles. The SMILES string of the molecule is c1ccc(COc2ccc(OCCOCOCCOc3ccc(OCc4ccccc4)cc3)cc2)cc1. The van der Waals surface area contributed by atoms with Crippen LogP contribution in [-0.4, -0.2) is 33.2 Å². The molecule has 4 aromatic rings. The van der Waals surface area contributed by atoms with E-state index < -0.39 is 0 Å². The molecule has 0 spiro atoms. The topological polar surface area (TPSA) is 55.4 Å². The van der Waals surface area contributed by atoms with Gasteiger partial charge in [-0.3, -0.25) is 0 Å². The third-order valence-electron chi connectivity index (χ3n) is 5.30. The van der Waals surface area contributed by atoms with Crippen molar-refractivity contribution in [2.75, 3.05) is 33.2 Å². The van der Waals surface area contributed by atoms with Gasteiger partial charge in [0.15, 0.2) is 0 Å². The van der Waals surface area contributed by atoms with Crippen LogP contribution in [0.25, 0.3) is 0 Å². The van der Waals surface area contributed by atoms with Crippen molar-refractivity contribution in [2.45, 2.75) is 13.2 Å². The van der Waals surface area contributed by atoms with Gasteiger partial charge in [0, 0.05) is 0 Å². The molecule has 0 heterocycles. The summed E-state index contributed by atoms with van der Waals surface area (Å²) >= 11 is 0. The van der Waals surface area contributed by atoms with E-state index >= 15 is 0 Å². The molecule has 0 bridgehead atoms. The maximum atomic E-state index is 5.78. The first kappa shape index (κ1) is 26.1. The molecule has 0 fully saturated rings. The second-order valence-corrected chi connectivity index (χ2v) is 8.12. The van der Waals surface area contributed by atoms with Gasteiger partial charge in [0.2, 0.25) is 0 Å². The monoisotopic (exact) mass is 500 g/mol. The average molecular weight is 501 g/mol. The predicted octanol–water partition coefficient (Wildman–Crippen LogP) is 6.29. The van der Waals surface area contributed by atoms with Crippen LogP contribution in [0.2, 0.25) is 0 Å². The minimum absolute atomic E-state index is 0.186. The Kier molecular flexibility index (Phi) is 10.7. The van der Waals surface area contributed by atoms with E-state index in [9.17, 15) is 0 Å². The van der Waals surface area contributed by atoms with Crippen LogP contribution in [0.3, 0.4) is 0 Å². The number of rotatable bonds is 16. The van der Waals surface area contributed by atoms with E-state index in [-0.39, 0.29) is 6.79 Å². The largest absolute Gasteiger partial charge is 0.491 e. The lowest BCUT2D eigenvalue weighted by Crippen LogP contribution is -2.12. The predicted molar refractivity (Wildman–Crippen MR) is 142 cm³/mol. The molecule has 4 rings (SSSR count). The smallest absolute Gasteiger partial charge is 0.147 e. The molecule has 37 heavy (non-hydrogen) atoms. The Morgan fingerprint density at radius 1 is 0.351 bits per heavy atom. The van der Waals surface area contributed by atoms with Crippen molar-refractivity contribution in [2.24, 2.45) is 0 Å². The molecular formula is C31H32O6. The minimum Gasteiger partial charge on any atom is -0.491 e. The van der Waals surface area contributed by atoms with Crippen molar-refractivity contribution in [1.82, 2.24) is 0 Å². The molecular weight excluding hydrogens is 468 g/mol. The zero-order chi connectivity index (χ0) is 25.4. The molecule has 6 heteroatoms. The molecule has 192 valence electrons. The summed E-state index contributed by atoms with van der Waals surface area (Å²) in [6, 6.07) is 35.3. The lowest BCUT2D eigenvalue weighted by atomic mass is 10.2. The van der Waals surface area contributed by atoms with Crippen LogP contribution in [0, 0.1) is 0 Å². The Bertz CT molecular complexity index is 1040. The van der Waals surface area contributed by atoms with Gasteiger partial charge < -0.3 is 28.4 Å². The first-order valence-corrected chi connectivity index (χ1v) is 12.3. The van der Waals surface area contributed by atoms with Crippen LogP contribution in [0.15, 0.2) is 109 Å². The Balaban J connectivity index is 0.995. The Hall–Kier alpha value is -4.00. The Labute approximate surface area is 218 Å². The lowest BCUT2D eigenvalue weighted by molar-refractivity contribution is -0.0662. The van der Waals surface area contributed by atoms with Gasteiger partial charge in [-0.15, -0.1) is 0 Å². The van der Waals surface area contributed by atoms with Crippen molar-refractivity contribution in [3.63, 3.8) is 0 Å². The maximum absolute atomic E-state index is 5.78. The fraction of sp³-hybridized carbons (Fsp3) is 0.226. The Morgan fingerprint density at radius 2 is 0.703 bits per heavy atom. The van der Waals surface area contributed by atoms with Gasteiger partial charge in [-0.1, -0.05) is 60.7 Å². The third-order valence-corrected chi connectivity index (χ3v) is 5.30. The maximum Gasteiger partial charge on any atom is 0.147 e. The molecule has 0 radical (unpaired) electrons. The molecule has 0 atom stereocenters. The van der Waals surface area contributed by atoms with Gasteiger partial charge in [-0.05, 0) is 59.7 Å². The zero-order valence-corrected chi connectivity index (χ0v) is 20.8. The molecule has 6 nitrogen and oxygen atoms in total. The average Bonchev–Trinajstić information content (AvgIpc) is 2.96. The highest BCUT2D eigenvalue weighted by molar-refractivity contribution is 5.32. The van der Waals surface area contributed by atoms with E-state index in [1.807, 2.05) is 109 Å². The van der Waals surface area contributed by atoms with Crippen LogP contribution in [0.5, 0.6) is 23.0 Å². The number of hydrogen-bond acceptors (Lipinski definition) is 6. The fourth-order valence-electron chi connectivity index (χ4n) is 3.36. The molecule has 0 aromatic heterocycles. The molecule has 0 N–H and O–H groups in total. The van der Waals surface area contributed by atoms with Crippen molar-refractivity contribution in [1.29, 1.82) is 0 Å². The van der Waals surface area contributed by atoms with Gasteiger partial charge in [0.05, 0.1) is 13.2 Å². The number of hydrogen-bond donors (Lipinski definition) is 0. The van der Waals surface area contributed by atoms with Crippen molar-refractivity contribution < 1.29 is 28.4 Å². The summed E-state index contributed by atoms with van der Waals surface area (Å²) in [7, 11) is 0. The van der Waals surface area contributed by atoms with Gasteiger partial charge in [0.1, 0.15) is 56.2 Å². The standard InChI is InChI=1S/C31H32O6/c1-3-7-26(8-4-1)23-36-30-15-11-28(12-16-30)34-21-19-32-25-33-20-22-35-29-13-17-31(18-14-29)37-24-27-9-5-2-6-10-27/h1-18H,19-25H2. The molecule has 0 aliphatic heterocycles. The molecule has 0 aliphatic rings. The van der Waals surface area contributed by atoms with Crippen molar-refractivity contribution >= 4 is 0 Å².